The monoisotopic (exact) mass is 344 g/mol. The van der Waals surface area contributed by atoms with Gasteiger partial charge < -0.3 is 19.8 Å². The van der Waals surface area contributed by atoms with E-state index in [1.807, 2.05) is 0 Å². The van der Waals surface area contributed by atoms with Crippen LogP contribution in [0.4, 0.5) is 14.9 Å². The van der Waals surface area contributed by atoms with Gasteiger partial charge in [0.2, 0.25) is 0 Å². The number of urea groups is 1. The van der Waals surface area contributed by atoms with Gasteiger partial charge in [-0.15, -0.1) is 0 Å². The first-order valence-corrected chi connectivity index (χ1v) is 8.71. The van der Waals surface area contributed by atoms with Crippen molar-refractivity contribution in [3.8, 4) is 11.3 Å². The highest BCUT2D eigenvalue weighted by molar-refractivity contribution is 5.89. The van der Waals surface area contributed by atoms with E-state index in [2.05, 4.69) is 10.6 Å². The number of hydrogen-bond donors (Lipinski definition) is 2. The Morgan fingerprint density at radius 1 is 1.20 bits per heavy atom. The lowest BCUT2D eigenvalue weighted by atomic mass is 10.0. The van der Waals surface area contributed by atoms with E-state index >= 15 is 0 Å². The van der Waals surface area contributed by atoms with Gasteiger partial charge in [0.15, 0.2) is 0 Å². The number of hydrogen-bond acceptors (Lipinski definition) is 3. The maximum Gasteiger partial charge on any atom is 0.319 e. The molecular formula is C19H21FN2O3. The molecule has 1 saturated carbocycles. The Kier molecular flexibility index (Phi) is 4.44. The second-order valence-corrected chi connectivity index (χ2v) is 6.74. The minimum Gasteiger partial charge on any atom is -0.464 e. The van der Waals surface area contributed by atoms with Crippen LogP contribution in [0.3, 0.4) is 0 Å². The van der Waals surface area contributed by atoms with Crippen LogP contribution in [0.15, 0.2) is 41.0 Å². The smallest absolute Gasteiger partial charge is 0.319 e. The van der Waals surface area contributed by atoms with Crippen molar-refractivity contribution in [3.05, 3.63) is 42.4 Å². The molecule has 0 spiro atoms. The predicted octanol–water partition coefficient (Wildman–Crippen LogP) is 4.16. The van der Waals surface area contributed by atoms with Crippen molar-refractivity contribution in [2.45, 2.75) is 37.8 Å². The summed E-state index contributed by atoms with van der Waals surface area (Å²) in [5, 5.41) is 5.53. The van der Waals surface area contributed by atoms with Crippen molar-refractivity contribution in [1.82, 2.24) is 5.32 Å². The molecule has 1 aliphatic heterocycles. The fraction of sp³-hybridized carbons (Fsp3) is 0.421. The SMILES string of the molecule is O=C(Nc1ccc(-c2ccco2)cc1F)N[C@@H]1CCO[C@H](C2CC2)C1. The Morgan fingerprint density at radius 2 is 2.08 bits per heavy atom. The van der Waals surface area contributed by atoms with Gasteiger partial charge in [0.1, 0.15) is 11.6 Å². The van der Waals surface area contributed by atoms with E-state index in [0.29, 0.717) is 23.8 Å². The molecule has 0 unspecified atom stereocenters. The van der Waals surface area contributed by atoms with E-state index < -0.39 is 5.82 Å². The zero-order valence-electron chi connectivity index (χ0n) is 13.8. The molecule has 1 aliphatic carbocycles. The highest BCUT2D eigenvalue weighted by Gasteiger charge is 2.36. The molecule has 1 aromatic carbocycles. The van der Waals surface area contributed by atoms with Gasteiger partial charge in [0.05, 0.1) is 18.1 Å². The molecule has 2 N–H and O–H groups in total. The topological polar surface area (TPSA) is 63.5 Å². The summed E-state index contributed by atoms with van der Waals surface area (Å²) in [6.07, 6.45) is 5.85. The summed E-state index contributed by atoms with van der Waals surface area (Å²) >= 11 is 0. The lowest BCUT2D eigenvalue weighted by Crippen LogP contribution is -2.44. The molecule has 4 rings (SSSR count). The summed E-state index contributed by atoms with van der Waals surface area (Å²) in [5.74, 6) is 0.745. The van der Waals surface area contributed by atoms with E-state index in [0.717, 1.165) is 12.8 Å². The minimum absolute atomic E-state index is 0.0739. The molecule has 1 aromatic heterocycles. The molecule has 5 nitrogen and oxygen atoms in total. The first-order chi connectivity index (χ1) is 12.2. The molecule has 0 bridgehead atoms. The van der Waals surface area contributed by atoms with Gasteiger partial charge in [-0.25, -0.2) is 9.18 Å². The van der Waals surface area contributed by atoms with Crippen molar-refractivity contribution >= 4 is 11.7 Å². The van der Waals surface area contributed by atoms with E-state index in [-0.39, 0.29) is 23.9 Å². The number of amides is 2. The number of furan rings is 1. The Morgan fingerprint density at radius 3 is 2.80 bits per heavy atom. The lowest BCUT2D eigenvalue weighted by Gasteiger charge is -2.30. The highest BCUT2D eigenvalue weighted by Crippen LogP contribution is 2.38. The Balaban J connectivity index is 1.35. The predicted molar refractivity (Wildman–Crippen MR) is 91.7 cm³/mol. The van der Waals surface area contributed by atoms with E-state index in [1.165, 1.54) is 25.2 Å². The second kappa shape index (κ2) is 6.88. The molecule has 2 atom stereocenters. The lowest BCUT2D eigenvalue weighted by molar-refractivity contribution is -0.00890. The van der Waals surface area contributed by atoms with Crippen molar-refractivity contribution in [1.29, 1.82) is 0 Å². The van der Waals surface area contributed by atoms with Crippen LogP contribution in [0, 0.1) is 11.7 Å². The normalized spacial score (nSPS) is 23.2. The maximum absolute atomic E-state index is 14.3. The van der Waals surface area contributed by atoms with Gasteiger partial charge >= 0.3 is 6.03 Å². The number of anilines is 1. The van der Waals surface area contributed by atoms with Crippen LogP contribution in [-0.2, 0) is 4.74 Å². The number of halogens is 1. The standard InChI is InChI=1S/C19H21FN2O3/c20-15-10-13(17-2-1-8-24-17)5-6-16(15)22-19(23)21-14-7-9-25-18(11-14)12-3-4-12/h1-2,5-6,8,10,12,14,18H,3-4,7,9,11H2,(H2,21,22,23)/t14-,18+/m1/s1. The summed E-state index contributed by atoms with van der Waals surface area (Å²) in [5.41, 5.74) is 0.781. The summed E-state index contributed by atoms with van der Waals surface area (Å²) in [7, 11) is 0. The number of carbonyl (C=O) groups is 1. The van der Waals surface area contributed by atoms with Crippen molar-refractivity contribution in [3.63, 3.8) is 0 Å². The van der Waals surface area contributed by atoms with E-state index in [1.54, 1.807) is 24.3 Å². The fourth-order valence-electron chi connectivity index (χ4n) is 3.31. The molecule has 2 aromatic rings. The third-order valence-electron chi connectivity index (χ3n) is 4.82. The maximum atomic E-state index is 14.3. The average Bonchev–Trinajstić information content (AvgIpc) is 3.31. The molecule has 0 radical (unpaired) electrons. The minimum atomic E-state index is -0.494. The van der Waals surface area contributed by atoms with Crippen LogP contribution in [0.2, 0.25) is 0 Å². The Bertz CT molecular complexity index is 743. The summed E-state index contributed by atoms with van der Waals surface area (Å²) < 4.78 is 25.3. The van der Waals surface area contributed by atoms with Gasteiger partial charge in [-0.1, -0.05) is 0 Å². The van der Waals surface area contributed by atoms with Crippen LogP contribution in [0.25, 0.3) is 11.3 Å². The number of benzene rings is 1. The molecule has 6 heteroatoms. The molecule has 2 fully saturated rings. The van der Waals surface area contributed by atoms with Gasteiger partial charge in [0, 0.05) is 18.2 Å². The molecule has 25 heavy (non-hydrogen) atoms. The summed E-state index contributed by atoms with van der Waals surface area (Å²) in [6, 6.07) is 7.81. The molecule has 1 saturated heterocycles. The van der Waals surface area contributed by atoms with Crippen molar-refractivity contribution in [2.75, 3.05) is 11.9 Å². The highest BCUT2D eigenvalue weighted by atomic mass is 19.1. The van der Waals surface area contributed by atoms with Gasteiger partial charge in [-0.2, -0.15) is 0 Å². The Labute approximate surface area is 145 Å². The number of rotatable bonds is 4. The third kappa shape index (κ3) is 3.85. The van der Waals surface area contributed by atoms with Crippen LogP contribution in [-0.4, -0.2) is 24.8 Å². The van der Waals surface area contributed by atoms with Crippen LogP contribution < -0.4 is 10.6 Å². The number of ether oxygens (including phenoxy) is 1. The zero-order valence-corrected chi connectivity index (χ0v) is 13.8. The average molecular weight is 344 g/mol. The van der Waals surface area contributed by atoms with Gasteiger partial charge in [-0.3, -0.25) is 0 Å². The molecule has 2 amide bonds. The van der Waals surface area contributed by atoms with E-state index in [9.17, 15) is 9.18 Å². The second-order valence-electron chi connectivity index (χ2n) is 6.74. The quantitative estimate of drug-likeness (QED) is 0.875. The first-order valence-electron chi connectivity index (χ1n) is 8.71. The third-order valence-corrected chi connectivity index (χ3v) is 4.82. The summed E-state index contributed by atoms with van der Waals surface area (Å²) in [4.78, 5) is 12.2. The van der Waals surface area contributed by atoms with Gasteiger partial charge in [0.25, 0.3) is 0 Å². The van der Waals surface area contributed by atoms with Crippen molar-refractivity contribution < 1.29 is 18.3 Å². The van der Waals surface area contributed by atoms with Crippen LogP contribution >= 0.6 is 0 Å². The van der Waals surface area contributed by atoms with E-state index in [4.69, 9.17) is 9.15 Å². The van der Waals surface area contributed by atoms with Crippen molar-refractivity contribution in [2.24, 2.45) is 5.92 Å². The fourth-order valence-corrected chi connectivity index (χ4v) is 3.31. The van der Waals surface area contributed by atoms with Crippen LogP contribution in [0.1, 0.15) is 25.7 Å². The molecular weight excluding hydrogens is 323 g/mol. The van der Waals surface area contributed by atoms with Gasteiger partial charge in [-0.05, 0) is 61.9 Å². The largest absolute Gasteiger partial charge is 0.464 e. The molecule has 132 valence electrons. The first kappa shape index (κ1) is 16.1. The molecule has 2 aliphatic rings. The van der Waals surface area contributed by atoms with Crippen LogP contribution in [0.5, 0.6) is 0 Å². The number of nitrogens with one attached hydrogen (secondary N) is 2. The zero-order chi connectivity index (χ0) is 17.2. The Hall–Kier alpha value is -2.34. The summed E-state index contributed by atoms with van der Waals surface area (Å²) in [6.45, 7) is 0.665. The molecule has 2 heterocycles. The number of carbonyl (C=O) groups excluding carboxylic acids is 1.